The van der Waals surface area contributed by atoms with Crippen LogP contribution in [0.25, 0.3) is 0 Å². The molecule has 0 unspecified atom stereocenters. The van der Waals surface area contributed by atoms with E-state index < -0.39 is 11.5 Å². The van der Waals surface area contributed by atoms with Crippen molar-refractivity contribution in [2.45, 2.75) is 37.7 Å². The zero-order valence-electron chi connectivity index (χ0n) is 5.97. The van der Waals surface area contributed by atoms with Crippen LogP contribution in [0.3, 0.4) is 0 Å². The lowest BCUT2D eigenvalue weighted by molar-refractivity contribution is -0.122. The van der Waals surface area contributed by atoms with Crippen molar-refractivity contribution in [3.05, 3.63) is 0 Å². The van der Waals surface area contributed by atoms with Gasteiger partial charge in [-0.05, 0) is 12.8 Å². The molecule has 0 atom stereocenters. The second-order valence-electron chi connectivity index (χ2n) is 3.07. The third-order valence-electron chi connectivity index (χ3n) is 2.04. The van der Waals surface area contributed by atoms with Crippen LogP contribution in [0.15, 0.2) is 0 Å². The van der Waals surface area contributed by atoms with Crippen molar-refractivity contribution in [1.29, 1.82) is 0 Å². The Balaban J connectivity index is 2.43. The van der Waals surface area contributed by atoms with E-state index in [1.54, 1.807) is 0 Å². The summed E-state index contributed by atoms with van der Waals surface area (Å²) < 4.78 is 0. The zero-order valence-corrected chi connectivity index (χ0v) is 5.97. The Kier molecular flexibility index (Phi) is 1.94. The summed E-state index contributed by atoms with van der Waals surface area (Å²) in [4.78, 5) is 10.4. The first-order valence-electron chi connectivity index (χ1n) is 3.63. The maximum absolute atomic E-state index is 10.4. The maximum Gasteiger partial charge on any atom is 0.220 e. The Morgan fingerprint density at radius 3 is 2.40 bits per heavy atom. The number of primary amides is 1. The summed E-state index contributed by atoms with van der Waals surface area (Å²) in [6.07, 6.45) is 3.63. The summed E-state index contributed by atoms with van der Waals surface area (Å²) in [6.45, 7) is 0. The fourth-order valence-electron chi connectivity index (χ4n) is 1.53. The molecule has 0 bridgehead atoms. The minimum Gasteiger partial charge on any atom is -0.389 e. The van der Waals surface area contributed by atoms with Crippen LogP contribution in [0.5, 0.6) is 0 Å². The second-order valence-corrected chi connectivity index (χ2v) is 3.07. The number of hydrogen-bond acceptors (Lipinski definition) is 2. The summed E-state index contributed by atoms with van der Waals surface area (Å²) in [5.41, 5.74) is 4.20. The molecular weight excluding hydrogens is 130 g/mol. The predicted octanol–water partition coefficient (Wildman–Crippen LogP) is 0.167. The third-order valence-corrected chi connectivity index (χ3v) is 2.04. The van der Waals surface area contributed by atoms with Gasteiger partial charge in [-0.2, -0.15) is 0 Å². The van der Waals surface area contributed by atoms with Crippen molar-refractivity contribution in [2.24, 2.45) is 5.73 Å². The van der Waals surface area contributed by atoms with Crippen molar-refractivity contribution in [3.8, 4) is 0 Å². The molecule has 0 heterocycles. The van der Waals surface area contributed by atoms with Crippen LogP contribution in [0, 0.1) is 0 Å². The summed E-state index contributed by atoms with van der Waals surface area (Å²) >= 11 is 0. The van der Waals surface area contributed by atoms with E-state index in [9.17, 15) is 9.90 Å². The lowest BCUT2D eigenvalue weighted by Crippen LogP contribution is -2.31. The number of carbonyl (C=O) groups excluding carboxylic acids is 1. The first-order chi connectivity index (χ1) is 4.62. The van der Waals surface area contributed by atoms with Crippen LogP contribution in [0.4, 0.5) is 0 Å². The Labute approximate surface area is 60.2 Å². The van der Waals surface area contributed by atoms with E-state index in [2.05, 4.69) is 0 Å². The van der Waals surface area contributed by atoms with Crippen LogP contribution in [0.1, 0.15) is 32.1 Å². The molecule has 1 aliphatic carbocycles. The number of hydrogen-bond donors (Lipinski definition) is 2. The first kappa shape index (κ1) is 7.54. The molecule has 3 N–H and O–H groups in total. The van der Waals surface area contributed by atoms with Crippen molar-refractivity contribution in [2.75, 3.05) is 0 Å². The van der Waals surface area contributed by atoms with Crippen molar-refractivity contribution < 1.29 is 9.90 Å². The fraction of sp³-hybridized carbons (Fsp3) is 0.857. The molecule has 0 radical (unpaired) electrons. The van der Waals surface area contributed by atoms with E-state index >= 15 is 0 Å². The van der Waals surface area contributed by atoms with Crippen LogP contribution >= 0.6 is 0 Å². The van der Waals surface area contributed by atoms with Gasteiger partial charge in [0.1, 0.15) is 0 Å². The Hall–Kier alpha value is -0.570. The van der Waals surface area contributed by atoms with Gasteiger partial charge in [0.2, 0.25) is 5.91 Å². The van der Waals surface area contributed by atoms with Gasteiger partial charge in [0.15, 0.2) is 0 Å². The minimum absolute atomic E-state index is 0.132. The fourth-order valence-corrected chi connectivity index (χ4v) is 1.53. The van der Waals surface area contributed by atoms with Gasteiger partial charge in [-0.15, -0.1) is 0 Å². The van der Waals surface area contributed by atoms with Crippen molar-refractivity contribution >= 4 is 5.91 Å². The quantitative estimate of drug-likeness (QED) is 0.578. The van der Waals surface area contributed by atoms with Gasteiger partial charge in [-0.3, -0.25) is 4.79 Å². The van der Waals surface area contributed by atoms with Crippen LogP contribution in [-0.2, 0) is 4.79 Å². The third kappa shape index (κ3) is 1.70. The Morgan fingerprint density at radius 1 is 1.50 bits per heavy atom. The molecule has 1 fully saturated rings. The molecule has 10 heavy (non-hydrogen) atoms. The molecule has 1 rings (SSSR count). The molecule has 1 saturated carbocycles. The van der Waals surface area contributed by atoms with Gasteiger partial charge in [0.25, 0.3) is 0 Å². The molecule has 58 valence electrons. The predicted molar refractivity (Wildman–Crippen MR) is 37.2 cm³/mol. The van der Waals surface area contributed by atoms with Gasteiger partial charge in [-0.1, -0.05) is 12.8 Å². The summed E-state index contributed by atoms with van der Waals surface area (Å²) in [6, 6.07) is 0. The number of rotatable bonds is 2. The molecule has 0 saturated heterocycles. The largest absolute Gasteiger partial charge is 0.389 e. The van der Waals surface area contributed by atoms with E-state index in [0.717, 1.165) is 25.7 Å². The topological polar surface area (TPSA) is 63.3 Å². The Bertz CT molecular complexity index is 139. The minimum atomic E-state index is -0.758. The summed E-state index contributed by atoms with van der Waals surface area (Å²) in [5.74, 6) is -0.399. The highest BCUT2D eigenvalue weighted by molar-refractivity contribution is 5.74. The van der Waals surface area contributed by atoms with Crippen LogP contribution in [0.2, 0.25) is 0 Å². The zero-order chi connectivity index (χ0) is 7.61. The lowest BCUT2D eigenvalue weighted by Gasteiger charge is -2.19. The van der Waals surface area contributed by atoms with Gasteiger partial charge in [0.05, 0.1) is 12.0 Å². The van der Waals surface area contributed by atoms with Gasteiger partial charge in [0, 0.05) is 0 Å². The van der Waals surface area contributed by atoms with E-state index in [0.29, 0.717) is 0 Å². The molecule has 0 spiro atoms. The Morgan fingerprint density at radius 2 is 2.00 bits per heavy atom. The molecular formula is C7H13NO2. The van der Waals surface area contributed by atoms with Gasteiger partial charge in [-0.25, -0.2) is 0 Å². The molecule has 0 aromatic rings. The first-order valence-corrected chi connectivity index (χ1v) is 3.63. The molecule has 0 aromatic carbocycles. The number of carbonyl (C=O) groups is 1. The average molecular weight is 143 g/mol. The van der Waals surface area contributed by atoms with E-state index in [1.165, 1.54) is 0 Å². The van der Waals surface area contributed by atoms with E-state index in [4.69, 9.17) is 5.73 Å². The molecule has 1 aliphatic rings. The second kappa shape index (κ2) is 2.58. The van der Waals surface area contributed by atoms with E-state index in [1.807, 2.05) is 0 Å². The number of nitrogens with two attached hydrogens (primary N) is 1. The maximum atomic E-state index is 10.4. The SMILES string of the molecule is NC(=O)CC1(O)CCCC1. The normalized spacial score (nSPS) is 22.9. The number of amides is 1. The highest BCUT2D eigenvalue weighted by atomic mass is 16.3. The molecule has 3 nitrogen and oxygen atoms in total. The molecule has 3 heteroatoms. The monoisotopic (exact) mass is 143 g/mol. The average Bonchev–Trinajstić information content (AvgIpc) is 2.12. The van der Waals surface area contributed by atoms with Crippen LogP contribution in [-0.4, -0.2) is 16.6 Å². The van der Waals surface area contributed by atoms with Crippen LogP contribution < -0.4 is 5.73 Å². The smallest absolute Gasteiger partial charge is 0.220 e. The summed E-state index contributed by atoms with van der Waals surface area (Å²) in [5, 5.41) is 9.56. The standard InChI is InChI=1S/C7H13NO2/c8-6(9)5-7(10)3-1-2-4-7/h10H,1-5H2,(H2,8,9). The number of aliphatic hydroxyl groups is 1. The van der Waals surface area contributed by atoms with E-state index in [-0.39, 0.29) is 6.42 Å². The molecule has 1 amide bonds. The van der Waals surface area contributed by atoms with Crippen molar-refractivity contribution in [3.63, 3.8) is 0 Å². The van der Waals surface area contributed by atoms with Gasteiger partial charge >= 0.3 is 0 Å². The molecule has 0 aliphatic heterocycles. The highest BCUT2D eigenvalue weighted by Gasteiger charge is 2.32. The molecule has 0 aromatic heterocycles. The lowest BCUT2D eigenvalue weighted by atomic mass is 9.98. The summed E-state index contributed by atoms with van der Waals surface area (Å²) in [7, 11) is 0. The van der Waals surface area contributed by atoms with Crippen molar-refractivity contribution in [1.82, 2.24) is 0 Å². The highest BCUT2D eigenvalue weighted by Crippen LogP contribution is 2.31. The van der Waals surface area contributed by atoms with Gasteiger partial charge < -0.3 is 10.8 Å².